The monoisotopic (exact) mass is 331 g/mol. The minimum absolute atomic E-state index is 0.193. The number of piperazine rings is 1. The lowest BCUT2D eigenvalue weighted by Gasteiger charge is -2.34. The summed E-state index contributed by atoms with van der Waals surface area (Å²) in [7, 11) is 0. The molecule has 1 aliphatic heterocycles. The van der Waals surface area contributed by atoms with Crippen LogP contribution in [0.2, 0.25) is 0 Å². The molecule has 1 fully saturated rings. The molecule has 0 aromatic heterocycles. The second-order valence-electron chi connectivity index (χ2n) is 6.30. The number of nitrogens with zero attached hydrogens (tertiary/aromatic N) is 2. The van der Waals surface area contributed by atoms with E-state index in [0.29, 0.717) is 18.1 Å². The Balaban J connectivity index is 2.07. The van der Waals surface area contributed by atoms with Gasteiger partial charge in [0, 0.05) is 38.5 Å². The first kappa shape index (κ1) is 19.1. The average molecular weight is 331 g/mol. The van der Waals surface area contributed by atoms with Crippen LogP contribution in [0.15, 0.2) is 0 Å². The van der Waals surface area contributed by atoms with Crippen molar-refractivity contribution in [2.24, 2.45) is 0 Å². The van der Waals surface area contributed by atoms with Gasteiger partial charge in [-0.05, 0) is 27.3 Å². The van der Waals surface area contributed by atoms with Gasteiger partial charge >= 0.3 is 6.09 Å². The summed E-state index contributed by atoms with van der Waals surface area (Å²) < 4.78 is 5.14. The molecule has 0 radical (unpaired) electrons. The summed E-state index contributed by atoms with van der Waals surface area (Å²) in [4.78, 5) is 27.8. The highest BCUT2D eigenvalue weighted by Gasteiger charge is 2.20. The Morgan fingerprint density at radius 1 is 1.18 bits per heavy atom. The zero-order valence-electron chi connectivity index (χ0n) is 14.2. The van der Waals surface area contributed by atoms with E-state index in [4.69, 9.17) is 4.74 Å². The Hall–Kier alpha value is -0.950. The third-order valence-electron chi connectivity index (χ3n) is 3.31. The van der Waals surface area contributed by atoms with E-state index in [0.717, 1.165) is 32.7 Å². The van der Waals surface area contributed by atoms with Crippen LogP contribution in [0, 0.1) is 0 Å². The molecule has 0 bridgehead atoms. The number of carbonyl (C=O) groups excluding carboxylic acids is 2. The average Bonchev–Trinajstić information content (AvgIpc) is 2.45. The van der Waals surface area contributed by atoms with Crippen molar-refractivity contribution in [3.63, 3.8) is 0 Å². The van der Waals surface area contributed by atoms with Crippen LogP contribution in [-0.4, -0.2) is 78.2 Å². The van der Waals surface area contributed by atoms with Crippen molar-refractivity contribution in [1.82, 2.24) is 15.1 Å². The number of amides is 2. The van der Waals surface area contributed by atoms with Crippen LogP contribution in [0.4, 0.5) is 4.79 Å². The summed E-state index contributed by atoms with van der Waals surface area (Å²) in [5.74, 6) is 1.38. The number of carbonyl (C=O) groups is 2. The van der Waals surface area contributed by atoms with E-state index in [1.165, 1.54) is 0 Å². The quantitative estimate of drug-likeness (QED) is 0.746. The predicted octanol–water partition coefficient (Wildman–Crippen LogP) is 1.41. The topological polar surface area (TPSA) is 61.9 Å². The molecule has 1 N–H and O–H groups in total. The molecule has 0 atom stereocenters. The third kappa shape index (κ3) is 7.89. The number of hydrogen-bond acceptors (Lipinski definition) is 5. The van der Waals surface area contributed by atoms with Gasteiger partial charge in [-0.2, -0.15) is 11.8 Å². The lowest BCUT2D eigenvalue weighted by molar-refractivity contribution is -0.130. The standard InChI is InChI=1S/C15H29N3O3S/c1-5-17-7-9-18(10-8-17)13(19)12-22-11-6-16-14(20)21-15(2,3)4/h5-12H2,1-4H3,(H,16,20). The van der Waals surface area contributed by atoms with Gasteiger partial charge in [-0.15, -0.1) is 0 Å². The van der Waals surface area contributed by atoms with Gasteiger partial charge in [-0.1, -0.05) is 6.92 Å². The number of likely N-dealkylation sites (N-methyl/N-ethyl adjacent to an activating group) is 1. The highest BCUT2D eigenvalue weighted by molar-refractivity contribution is 7.99. The van der Waals surface area contributed by atoms with E-state index in [1.54, 1.807) is 11.8 Å². The second kappa shape index (κ2) is 9.25. The zero-order chi connectivity index (χ0) is 16.6. The molecule has 0 aliphatic carbocycles. The first-order valence-corrected chi connectivity index (χ1v) is 9.02. The summed E-state index contributed by atoms with van der Waals surface area (Å²) in [5, 5.41) is 2.69. The molecule has 0 aromatic rings. The number of hydrogen-bond donors (Lipinski definition) is 1. The van der Waals surface area contributed by atoms with Gasteiger partial charge in [0.1, 0.15) is 5.60 Å². The number of thioether (sulfide) groups is 1. The van der Waals surface area contributed by atoms with Gasteiger partial charge in [0.25, 0.3) is 0 Å². The first-order valence-electron chi connectivity index (χ1n) is 7.86. The van der Waals surface area contributed by atoms with Gasteiger partial charge in [-0.25, -0.2) is 4.79 Å². The summed E-state index contributed by atoms with van der Waals surface area (Å²) in [5.41, 5.74) is -0.478. The normalized spacial score (nSPS) is 16.5. The molecule has 6 nitrogen and oxygen atoms in total. The molecule has 0 saturated carbocycles. The van der Waals surface area contributed by atoms with Crippen molar-refractivity contribution in [3.8, 4) is 0 Å². The molecule has 1 heterocycles. The Morgan fingerprint density at radius 3 is 2.36 bits per heavy atom. The van der Waals surface area contributed by atoms with Gasteiger partial charge in [0.15, 0.2) is 0 Å². The summed E-state index contributed by atoms with van der Waals surface area (Å²) in [6.07, 6.45) is -0.407. The van der Waals surface area contributed by atoms with Crippen molar-refractivity contribution < 1.29 is 14.3 Å². The molecular weight excluding hydrogens is 302 g/mol. The number of ether oxygens (including phenoxy) is 1. The van der Waals surface area contributed by atoms with Crippen LogP contribution >= 0.6 is 11.8 Å². The van der Waals surface area contributed by atoms with Crippen LogP contribution in [0.5, 0.6) is 0 Å². The number of rotatable bonds is 6. The molecule has 0 aromatic carbocycles. The van der Waals surface area contributed by atoms with Gasteiger partial charge in [-0.3, -0.25) is 4.79 Å². The van der Waals surface area contributed by atoms with Crippen molar-refractivity contribution in [3.05, 3.63) is 0 Å². The minimum atomic E-state index is -0.478. The highest BCUT2D eigenvalue weighted by atomic mass is 32.2. The fourth-order valence-electron chi connectivity index (χ4n) is 2.10. The van der Waals surface area contributed by atoms with E-state index in [-0.39, 0.29) is 5.91 Å². The lowest BCUT2D eigenvalue weighted by Crippen LogP contribution is -2.49. The fraction of sp³-hybridized carbons (Fsp3) is 0.867. The SMILES string of the molecule is CCN1CCN(C(=O)CSCCNC(=O)OC(C)(C)C)CC1. The smallest absolute Gasteiger partial charge is 0.407 e. The second-order valence-corrected chi connectivity index (χ2v) is 7.40. The molecule has 1 aliphatic rings. The van der Waals surface area contributed by atoms with E-state index in [9.17, 15) is 9.59 Å². The molecule has 1 saturated heterocycles. The maximum Gasteiger partial charge on any atom is 0.407 e. The molecule has 1 rings (SSSR count). The van der Waals surface area contributed by atoms with Crippen molar-refractivity contribution in [2.45, 2.75) is 33.3 Å². The van der Waals surface area contributed by atoms with E-state index >= 15 is 0 Å². The molecule has 2 amide bonds. The molecular formula is C15H29N3O3S. The van der Waals surface area contributed by atoms with Crippen molar-refractivity contribution in [2.75, 3.05) is 50.8 Å². The van der Waals surface area contributed by atoms with E-state index in [1.807, 2.05) is 25.7 Å². The largest absolute Gasteiger partial charge is 0.444 e. The van der Waals surface area contributed by atoms with Crippen LogP contribution in [0.1, 0.15) is 27.7 Å². The van der Waals surface area contributed by atoms with Crippen LogP contribution in [0.25, 0.3) is 0 Å². The van der Waals surface area contributed by atoms with Gasteiger partial charge in [0.05, 0.1) is 5.75 Å². The minimum Gasteiger partial charge on any atom is -0.444 e. The van der Waals surface area contributed by atoms with Crippen molar-refractivity contribution in [1.29, 1.82) is 0 Å². The van der Waals surface area contributed by atoms with Gasteiger partial charge < -0.3 is 19.9 Å². The van der Waals surface area contributed by atoms with E-state index in [2.05, 4.69) is 17.1 Å². The molecule has 0 spiro atoms. The van der Waals surface area contributed by atoms with Crippen LogP contribution < -0.4 is 5.32 Å². The Morgan fingerprint density at radius 2 is 1.82 bits per heavy atom. The summed E-state index contributed by atoms with van der Waals surface area (Å²) in [6, 6.07) is 0. The lowest BCUT2D eigenvalue weighted by atomic mass is 10.2. The first-order chi connectivity index (χ1) is 10.3. The summed E-state index contributed by atoms with van der Waals surface area (Å²) >= 11 is 1.55. The predicted molar refractivity (Wildman–Crippen MR) is 90.3 cm³/mol. The Bertz CT molecular complexity index is 364. The van der Waals surface area contributed by atoms with E-state index < -0.39 is 11.7 Å². The summed E-state index contributed by atoms with van der Waals surface area (Å²) in [6.45, 7) is 12.8. The molecule has 0 unspecified atom stereocenters. The fourth-order valence-corrected chi connectivity index (χ4v) is 2.85. The van der Waals surface area contributed by atoms with Gasteiger partial charge in [0.2, 0.25) is 5.91 Å². The Kier molecular flexibility index (Phi) is 8.03. The third-order valence-corrected chi connectivity index (χ3v) is 4.26. The maximum atomic E-state index is 12.1. The number of alkyl carbamates (subject to hydrolysis) is 1. The Labute approximate surface area is 137 Å². The molecule has 7 heteroatoms. The van der Waals surface area contributed by atoms with Crippen LogP contribution in [-0.2, 0) is 9.53 Å². The zero-order valence-corrected chi connectivity index (χ0v) is 15.0. The molecule has 128 valence electrons. The highest BCUT2D eigenvalue weighted by Crippen LogP contribution is 2.08. The number of nitrogens with one attached hydrogen (secondary N) is 1. The molecule has 22 heavy (non-hydrogen) atoms. The van der Waals surface area contributed by atoms with Crippen molar-refractivity contribution >= 4 is 23.8 Å². The maximum absolute atomic E-state index is 12.1. The van der Waals surface area contributed by atoms with Crippen LogP contribution in [0.3, 0.4) is 0 Å².